The molecule has 0 heterocycles. The van der Waals surface area contributed by atoms with Crippen LogP contribution in [0.3, 0.4) is 0 Å². The summed E-state index contributed by atoms with van der Waals surface area (Å²) in [6.07, 6.45) is 6.24. The highest BCUT2D eigenvalue weighted by atomic mass is 19.1. The number of halogens is 1. The van der Waals surface area contributed by atoms with Gasteiger partial charge in [-0.25, -0.2) is 4.39 Å². The maximum Gasteiger partial charge on any atom is 0.306 e. The predicted molar refractivity (Wildman–Crippen MR) is 104 cm³/mol. The lowest BCUT2D eigenvalue weighted by atomic mass is 10.1. The number of hydrogen-bond acceptors (Lipinski definition) is 4. The van der Waals surface area contributed by atoms with Gasteiger partial charge in [-0.05, 0) is 43.4 Å². The first-order valence-electron chi connectivity index (χ1n) is 9.99. The van der Waals surface area contributed by atoms with E-state index in [0.29, 0.717) is 25.4 Å². The molecule has 1 unspecified atom stereocenters. The van der Waals surface area contributed by atoms with Crippen molar-refractivity contribution < 1.29 is 23.5 Å². The minimum atomic E-state index is -0.367. The van der Waals surface area contributed by atoms with Crippen LogP contribution in [-0.4, -0.2) is 18.5 Å². The van der Waals surface area contributed by atoms with E-state index in [0.717, 1.165) is 44.1 Å². The molecule has 0 radical (unpaired) electrons. The molecule has 0 aliphatic carbocycles. The molecule has 0 aliphatic rings. The van der Waals surface area contributed by atoms with Crippen LogP contribution in [-0.2, 0) is 19.1 Å². The SMILES string of the molecule is CC(C)COC(=O)CCCCCCCCC(=O)OC(C)c1ccc(F)cc1. The highest BCUT2D eigenvalue weighted by Crippen LogP contribution is 2.18. The van der Waals surface area contributed by atoms with Crippen molar-refractivity contribution >= 4 is 11.9 Å². The molecule has 27 heavy (non-hydrogen) atoms. The highest BCUT2D eigenvalue weighted by Gasteiger charge is 2.11. The van der Waals surface area contributed by atoms with Gasteiger partial charge in [-0.2, -0.15) is 0 Å². The Kier molecular flexibility index (Phi) is 11.4. The molecule has 0 fully saturated rings. The fourth-order valence-electron chi connectivity index (χ4n) is 2.64. The Hall–Kier alpha value is -1.91. The number of carbonyl (C=O) groups is 2. The van der Waals surface area contributed by atoms with Gasteiger partial charge in [0, 0.05) is 12.8 Å². The lowest BCUT2D eigenvalue weighted by Crippen LogP contribution is -2.09. The topological polar surface area (TPSA) is 52.6 Å². The van der Waals surface area contributed by atoms with Crippen LogP contribution in [0.25, 0.3) is 0 Å². The Bertz CT molecular complexity index is 554. The summed E-state index contributed by atoms with van der Waals surface area (Å²) in [5.74, 6) is -0.259. The molecule has 152 valence electrons. The van der Waals surface area contributed by atoms with Crippen LogP contribution in [0.2, 0.25) is 0 Å². The molecule has 0 N–H and O–H groups in total. The molecule has 0 aromatic heterocycles. The Morgan fingerprint density at radius 2 is 1.37 bits per heavy atom. The smallest absolute Gasteiger partial charge is 0.306 e. The van der Waals surface area contributed by atoms with E-state index in [9.17, 15) is 14.0 Å². The Morgan fingerprint density at radius 1 is 0.852 bits per heavy atom. The van der Waals surface area contributed by atoms with E-state index >= 15 is 0 Å². The van der Waals surface area contributed by atoms with Gasteiger partial charge >= 0.3 is 11.9 Å². The number of ether oxygens (including phenoxy) is 2. The van der Waals surface area contributed by atoms with Crippen molar-refractivity contribution in [1.29, 1.82) is 0 Å². The molecule has 1 atom stereocenters. The van der Waals surface area contributed by atoms with Gasteiger partial charge in [0.1, 0.15) is 11.9 Å². The third-order valence-electron chi connectivity index (χ3n) is 4.24. The lowest BCUT2D eigenvalue weighted by Gasteiger charge is -2.13. The zero-order valence-corrected chi connectivity index (χ0v) is 16.8. The summed E-state index contributed by atoms with van der Waals surface area (Å²) in [5.41, 5.74) is 0.789. The minimum Gasteiger partial charge on any atom is -0.465 e. The van der Waals surface area contributed by atoms with Gasteiger partial charge < -0.3 is 9.47 Å². The van der Waals surface area contributed by atoms with Crippen LogP contribution in [0.4, 0.5) is 4.39 Å². The number of carbonyl (C=O) groups excluding carboxylic acids is 2. The molecule has 0 saturated heterocycles. The molecular formula is C22H33FO4. The maximum atomic E-state index is 12.9. The van der Waals surface area contributed by atoms with E-state index in [-0.39, 0.29) is 23.9 Å². The van der Waals surface area contributed by atoms with Crippen molar-refractivity contribution in [3.05, 3.63) is 35.6 Å². The predicted octanol–water partition coefficient (Wildman–Crippen LogP) is 5.75. The second kappa shape index (κ2) is 13.3. The fourth-order valence-corrected chi connectivity index (χ4v) is 2.64. The average Bonchev–Trinajstić information content (AvgIpc) is 2.62. The summed E-state index contributed by atoms with van der Waals surface area (Å²) in [6, 6.07) is 5.99. The Balaban J connectivity index is 2.00. The van der Waals surface area contributed by atoms with E-state index in [4.69, 9.17) is 9.47 Å². The van der Waals surface area contributed by atoms with E-state index in [1.54, 1.807) is 19.1 Å². The standard InChI is InChI=1S/C22H33FO4/c1-17(2)16-26-21(24)10-8-6-4-5-7-9-11-22(25)27-18(3)19-12-14-20(23)15-13-19/h12-15,17-18H,4-11,16H2,1-3H3. The highest BCUT2D eigenvalue weighted by molar-refractivity contribution is 5.69. The first kappa shape index (κ1) is 23.1. The molecule has 5 heteroatoms. The van der Waals surface area contributed by atoms with Crippen LogP contribution >= 0.6 is 0 Å². The monoisotopic (exact) mass is 380 g/mol. The van der Waals surface area contributed by atoms with Gasteiger partial charge in [-0.3, -0.25) is 9.59 Å². The van der Waals surface area contributed by atoms with Crippen molar-refractivity contribution in [2.45, 2.75) is 78.2 Å². The van der Waals surface area contributed by atoms with E-state index in [1.807, 2.05) is 13.8 Å². The van der Waals surface area contributed by atoms with Gasteiger partial charge in [-0.15, -0.1) is 0 Å². The molecular weight excluding hydrogens is 347 g/mol. The Morgan fingerprint density at radius 3 is 1.93 bits per heavy atom. The zero-order valence-electron chi connectivity index (χ0n) is 16.8. The van der Waals surface area contributed by atoms with Crippen LogP contribution in [0.1, 0.15) is 83.8 Å². The number of rotatable bonds is 13. The third-order valence-corrected chi connectivity index (χ3v) is 4.24. The van der Waals surface area contributed by atoms with Crippen LogP contribution in [0, 0.1) is 11.7 Å². The van der Waals surface area contributed by atoms with Gasteiger partial charge in [0.05, 0.1) is 6.61 Å². The number of unbranched alkanes of at least 4 members (excludes halogenated alkanes) is 5. The minimum absolute atomic E-state index is 0.110. The molecule has 0 amide bonds. The van der Waals surface area contributed by atoms with Crippen LogP contribution < -0.4 is 0 Å². The summed E-state index contributed by atoms with van der Waals surface area (Å²) in [7, 11) is 0. The normalized spacial score (nSPS) is 12.0. The van der Waals surface area contributed by atoms with Crippen LogP contribution in [0.5, 0.6) is 0 Å². The van der Waals surface area contributed by atoms with E-state index in [2.05, 4.69) is 0 Å². The second-order valence-corrected chi connectivity index (χ2v) is 7.38. The Labute approximate surface area is 162 Å². The fraction of sp³-hybridized carbons (Fsp3) is 0.636. The van der Waals surface area contributed by atoms with E-state index in [1.165, 1.54) is 12.1 Å². The number of esters is 2. The van der Waals surface area contributed by atoms with Gasteiger partial charge in [-0.1, -0.05) is 51.7 Å². The summed E-state index contributed by atoms with van der Waals surface area (Å²) in [6.45, 7) is 6.32. The third kappa shape index (κ3) is 11.4. The molecule has 0 spiro atoms. The van der Waals surface area contributed by atoms with Gasteiger partial charge in [0.15, 0.2) is 0 Å². The van der Waals surface area contributed by atoms with Crippen molar-refractivity contribution in [2.75, 3.05) is 6.61 Å². The quantitative estimate of drug-likeness (QED) is 0.323. The average molecular weight is 380 g/mol. The van der Waals surface area contributed by atoms with Crippen molar-refractivity contribution in [3.63, 3.8) is 0 Å². The molecule has 4 nitrogen and oxygen atoms in total. The second-order valence-electron chi connectivity index (χ2n) is 7.38. The molecule has 1 aromatic rings. The molecule has 0 saturated carbocycles. The number of hydrogen-bond donors (Lipinski definition) is 0. The summed E-state index contributed by atoms with van der Waals surface area (Å²) in [4.78, 5) is 23.3. The summed E-state index contributed by atoms with van der Waals surface area (Å²) in [5, 5.41) is 0. The van der Waals surface area contributed by atoms with Crippen molar-refractivity contribution in [1.82, 2.24) is 0 Å². The number of benzene rings is 1. The van der Waals surface area contributed by atoms with Crippen molar-refractivity contribution in [2.24, 2.45) is 5.92 Å². The summed E-state index contributed by atoms with van der Waals surface area (Å²) < 4.78 is 23.4. The molecule has 1 aromatic carbocycles. The lowest BCUT2D eigenvalue weighted by molar-refractivity contribution is -0.149. The first-order valence-corrected chi connectivity index (χ1v) is 9.99. The maximum absolute atomic E-state index is 12.9. The molecule has 0 bridgehead atoms. The largest absolute Gasteiger partial charge is 0.465 e. The molecule has 1 rings (SSSR count). The van der Waals surface area contributed by atoms with Gasteiger partial charge in [0.2, 0.25) is 0 Å². The first-order chi connectivity index (χ1) is 12.9. The van der Waals surface area contributed by atoms with Gasteiger partial charge in [0.25, 0.3) is 0 Å². The zero-order chi connectivity index (χ0) is 20.1. The van der Waals surface area contributed by atoms with E-state index < -0.39 is 0 Å². The summed E-state index contributed by atoms with van der Waals surface area (Å²) >= 11 is 0. The van der Waals surface area contributed by atoms with Crippen LogP contribution in [0.15, 0.2) is 24.3 Å². The van der Waals surface area contributed by atoms with Crippen molar-refractivity contribution in [3.8, 4) is 0 Å². The molecule has 0 aliphatic heterocycles.